The van der Waals surface area contributed by atoms with Crippen LogP contribution in [0.3, 0.4) is 0 Å². The van der Waals surface area contributed by atoms with E-state index in [-0.39, 0.29) is 11.6 Å². The quantitative estimate of drug-likeness (QED) is 0.601. The minimum Gasteiger partial charge on any atom is -0.216 e. The molecule has 0 fully saturated rings. The van der Waals surface area contributed by atoms with Crippen molar-refractivity contribution in [3.63, 3.8) is 0 Å². The van der Waals surface area contributed by atoms with E-state index in [1.807, 2.05) is 4.72 Å². The van der Waals surface area contributed by atoms with Crippen LogP contribution in [0.25, 0.3) is 0 Å². The fourth-order valence-corrected chi connectivity index (χ4v) is 0.700. The molecule has 3 N–H and O–H groups in total. The van der Waals surface area contributed by atoms with Crippen LogP contribution in [-0.2, 0) is 10.2 Å². The van der Waals surface area contributed by atoms with Gasteiger partial charge in [-0.1, -0.05) is 18.2 Å². The highest BCUT2D eigenvalue weighted by Gasteiger charge is 1.98. The van der Waals surface area contributed by atoms with E-state index in [0.717, 1.165) is 0 Å². The zero-order chi connectivity index (χ0) is 7.49. The van der Waals surface area contributed by atoms with Crippen LogP contribution < -0.4 is 9.86 Å². The van der Waals surface area contributed by atoms with Gasteiger partial charge in [0.1, 0.15) is 0 Å². The summed E-state index contributed by atoms with van der Waals surface area (Å²) in [5.41, 5.74) is 0. The number of hydrogen-bond acceptors (Lipinski definition) is 2. The lowest BCUT2D eigenvalue weighted by atomic mass is 10.7. The molecule has 0 aromatic rings. The molecule has 0 atom stereocenters. The monoisotopic (exact) mass is 170 g/mol. The first-order valence-corrected chi connectivity index (χ1v) is 3.95. The standard InChI is InChI=1S/C3H7ClN2O2S/c1-3(4)2-6-9(5,7)8/h6H,1-2H2,(H2,5,7,8). The number of nitrogens with one attached hydrogen (secondary N) is 1. The van der Waals surface area contributed by atoms with E-state index >= 15 is 0 Å². The number of halogens is 1. The van der Waals surface area contributed by atoms with Crippen LogP contribution in [0.4, 0.5) is 0 Å². The maximum absolute atomic E-state index is 10.1. The lowest BCUT2D eigenvalue weighted by Crippen LogP contribution is -2.31. The van der Waals surface area contributed by atoms with Gasteiger partial charge in [-0.3, -0.25) is 0 Å². The van der Waals surface area contributed by atoms with E-state index in [9.17, 15) is 8.42 Å². The average molecular weight is 171 g/mol. The molecule has 6 heteroatoms. The first-order chi connectivity index (χ1) is 3.92. The Labute approximate surface area is 58.9 Å². The van der Waals surface area contributed by atoms with Crippen LogP contribution >= 0.6 is 11.6 Å². The van der Waals surface area contributed by atoms with Gasteiger partial charge in [0.05, 0.1) is 0 Å². The highest BCUT2D eigenvalue weighted by atomic mass is 35.5. The summed E-state index contributed by atoms with van der Waals surface area (Å²) in [6.07, 6.45) is 0. The average Bonchev–Trinajstić information content (AvgIpc) is 1.59. The Balaban J connectivity index is 3.67. The van der Waals surface area contributed by atoms with Crippen molar-refractivity contribution in [1.29, 1.82) is 0 Å². The third kappa shape index (κ3) is 7.90. The van der Waals surface area contributed by atoms with Crippen LogP contribution in [0.5, 0.6) is 0 Å². The van der Waals surface area contributed by atoms with Gasteiger partial charge in [0.2, 0.25) is 0 Å². The van der Waals surface area contributed by atoms with Gasteiger partial charge in [0.25, 0.3) is 10.2 Å². The molecule has 0 bridgehead atoms. The van der Waals surface area contributed by atoms with Crippen molar-refractivity contribution in [2.45, 2.75) is 0 Å². The smallest absolute Gasteiger partial charge is 0.216 e. The number of rotatable bonds is 3. The van der Waals surface area contributed by atoms with Crippen LogP contribution in [-0.4, -0.2) is 15.0 Å². The van der Waals surface area contributed by atoms with Crippen LogP contribution in [0.1, 0.15) is 0 Å². The number of hydrogen-bond donors (Lipinski definition) is 2. The largest absolute Gasteiger partial charge is 0.274 e. The zero-order valence-corrected chi connectivity index (χ0v) is 6.17. The summed E-state index contributed by atoms with van der Waals surface area (Å²) < 4.78 is 22.1. The molecule has 0 heterocycles. The van der Waals surface area contributed by atoms with Crippen molar-refractivity contribution in [3.8, 4) is 0 Å². The Bertz CT molecular complexity index is 198. The Hall–Kier alpha value is -0.100. The second-order valence-electron chi connectivity index (χ2n) is 1.38. The summed E-state index contributed by atoms with van der Waals surface area (Å²) in [4.78, 5) is 0. The summed E-state index contributed by atoms with van der Waals surface area (Å²) in [5, 5.41) is 4.74. The van der Waals surface area contributed by atoms with Crippen molar-refractivity contribution in [2.24, 2.45) is 5.14 Å². The predicted octanol–water partition coefficient (Wildman–Crippen LogP) is -0.468. The zero-order valence-electron chi connectivity index (χ0n) is 4.59. The number of nitrogens with two attached hydrogens (primary N) is 1. The SMILES string of the molecule is C=C(Cl)CNS(N)(=O)=O. The fraction of sp³-hybridized carbons (Fsp3) is 0.333. The third-order valence-electron chi connectivity index (χ3n) is 0.465. The van der Waals surface area contributed by atoms with E-state index < -0.39 is 10.2 Å². The van der Waals surface area contributed by atoms with Gasteiger partial charge in [0.15, 0.2) is 0 Å². The van der Waals surface area contributed by atoms with Crippen molar-refractivity contribution < 1.29 is 8.42 Å². The van der Waals surface area contributed by atoms with E-state index in [1.54, 1.807) is 0 Å². The molecule has 0 rings (SSSR count). The van der Waals surface area contributed by atoms with Crippen molar-refractivity contribution in [1.82, 2.24) is 4.72 Å². The Kier molecular flexibility index (Phi) is 3.13. The molecular formula is C3H7ClN2O2S. The molecule has 9 heavy (non-hydrogen) atoms. The summed E-state index contributed by atoms with van der Waals surface area (Å²) in [5.74, 6) is 0. The van der Waals surface area contributed by atoms with E-state index in [0.29, 0.717) is 0 Å². The Morgan fingerprint density at radius 1 is 1.78 bits per heavy atom. The second kappa shape index (κ2) is 3.17. The molecule has 0 radical (unpaired) electrons. The molecule has 0 unspecified atom stereocenters. The first kappa shape index (κ1) is 8.90. The lowest BCUT2D eigenvalue weighted by molar-refractivity contribution is 0.587. The molecule has 4 nitrogen and oxygen atoms in total. The van der Waals surface area contributed by atoms with Crippen molar-refractivity contribution in [3.05, 3.63) is 11.6 Å². The minimum atomic E-state index is -3.61. The predicted molar refractivity (Wildman–Crippen MR) is 36.1 cm³/mol. The highest BCUT2D eigenvalue weighted by molar-refractivity contribution is 7.87. The molecular weight excluding hydrogens is 164 g/mol. The maximum atomic E-state index is 10.1. The van der Waals surface area contributed by atoms with Gasteiger partial charge >= 0.3 is 0 Å². The van der Waals surface area contributed by atoms with Crippen molar-refractivity contribution in [2.75, 3.05) is 6.54 Å². The molecule has 0 aromatic carbocycles. The second-order valence-corrected chi connectivity index (χ2v) is 3.30. The Morgan fingerprint density at radius 2 is 2.22 bits per heavy atom. The van der Waals surface area contributed by atoms with Gasteiger partial charge in [-0.2, -0.15) is 13.1 Å². The molecule has 0 aromatic heterocycles. The van der Waals surface area contributed by atoms with Crippen LogP contribution in [0, 0.1) is 0 Å². The highest BCUT2D eigenvalue weighted by Crippen LogP contribution is 1.91. The topological polar surface area (TPSA) is 72.2 Å². The fourth-order valence-electron chi connectivity index (χ4n) is 0.179. The van der Waals surface area contributed by atoms with Gasteiger partial charge in [-0.15, -0.1) is 0 Å². The molecule has 0 aliphatic heterocycles. The summed E-state index contributed by atoms with van der Waals surface area (Å²) in [7, 11) is -3.61. The molecule has 0 spiro atoms. The Morgan fingerprint density at radius 3 is 2.33 bits per heavy atom. The first-order valence-electron chi connectivity index (χ1n) is 2.02. The van der Waals surface area contributed by atoms with E-state index in [4.69, 9.17) is 11.6 Å². The van der Waals surface area contributed by atoms with Gasteiger partial charge in [0, 0.05) is 11.6 Å². The summed E-state index contributed by atoms with van der Waals surface area (Å²) >= 11 is 5.21. The molecule has 54 valence electrons. The maximum Gasteiger partial charge on any atom is 0.274 e. The van der Waals surface area contributed by atoms with Crippen LogP contribution in [0.15, 0.2) is 11.6 Å². The summed E-state index contributed by atoms with van der Waals surface area (Å²) in [6.45, 7) is 3.21. The molecule has 0 amide bonds. The van der Waals surface area contributed by atoms with Gasteiger partial charge < -0.3 is 0 Å². The van der Waals surface area contributed by atoms with E-state index in [1.165, 1.54) is 0 Å². The molecule has 0 saturated heterocycles. The van der Waals surface area contributed by atoms with Gasteiger partial charge in [-0.05, 0) is 0 Å². The van der Waals surface area contributed by atoms with E-state index in [2.05, 4.69) is 11.7 Å². The van der Waals surface area contributed by atoms with Crippen LogP contribution in [0.2, 0.25) is 0 Å². The van der Waals surface area contributed by atoms with Crippen molar-refractivity contribution >= 4 is 21.8 Å². The molecule has 0 aliphatic rings. The van der Waals surface area contributed by atoms with Gasteiger partial charge in [-0.25, -0.2) is 5.14 Å². The third-order valence-corrected chi connectivity index (χ3v) is 1.15. The summed E-state index contributed by atoms with van der Waals surface area (Å²) in [6, 6.07) is 0. The molecule has 0 aliphatic carbocycles. The normalized spacial score (nSPS) is 11.3. The molecule has 0 saturated carbocycles. The minimum absolute atomic E-state index is 0.0274. The lowest BCUT2D eigenvalue weighted by Gasteiger charge is -1.96.